The molecular weight excluding hydrogens is 548 g/mol. The first kappa shape index (κ1) is 27.6. The van der Waals surface area contributed by atoms with Crippen LogP contribution in [0.25, 0.3) is 28.5 Å². The molecule has 220 valence electrons. The summed E-state index contributed by atoms with van der Waals surface area (Å²) in [6.45, 7) is 5.47. The van der Waals surface area contributed by atoms with Crippen molar-refractivity contribution in [3.05, 3.63) is 125 Å². The number of fused-ring (bicyclic) bond motifs is 1. The smallest absolute Gasteiger partial charge is 0.256 e. The maximum atomic E-state index is 13.6. The number of amides is 2. The van der Waals surface area contributed by atoms with E-state index in [1.165, 1.54) is 5.56 Å². The van der Waals surface area contributed by atoms with Crippen molar-refractivity contribution in [2.75, 3.05) is 18.4 Å². The second kappa shape index (κ2) is 11.5. The summed E-state index contributed by atoms with van der Waals surface area (Å²) in [5, 5.41) is 14.3. The zero-order chi connectivity index (χ0) is 30.2. The van der Waals surface area contributed by atoms with E-state index in [1.54, 1.807) is 0 Å². The van der Waals surface area contributed by atoms with Gasteiger partial charge in [0.25, 0.3) is 11.8 Å². The van der Waals surface area contributed by atoms with Gasteiger partial charge in [-0.15, -0.1) is 0 Å². The van der Waals surface area contributed by atoms with Crippen LogP contribution in [0.3, 0.4) is 0 Å². The number of anilines is 1. The van der Waals surface area contributed by atoms with Crippen LogP contribution in [0.2, 0.25) is 0 Å². The normalized spacial score (nSPS) is 18.7. The Hall–Kier alpha value is -5.21. The number of hydrogen-bond donors (Lipinski definition) is 4. The number of nitrogens with one attached hydrogen (secondary N) is 4. The molecule has 0 bridgehead atoms. The molecular formula is C36H34N6O2. The minimum Gasteiger partial charge on any atom is -0.358 e. The van der Waals surface area contributed by atoms with Gasteiger partial charge in [-0.2, -0.15) is 5.10 Å². The highest BCUT2D eigenvalue weighted by atomic mass is 16.2. The van der Waals surface area contributed by atoms with E-state index in [9.17, 15) is 9.59 Å². The fourth-order valence-electron chi connectivity index (χ4n) is 6.40. The number of aryl methyl sites for hydroxylation is 1. The minimum absolute atomic E-state index is 0.0223. The van der Waals surface area contributed by atoms with Crippen LogP contribution in [0.5, 0.6) is 0 Å². The molecule has 44 heavy (non-hydrogen) atoms. The Kier molecular flexibility index (Phi) is 7.20. The molecule has 2 aliphatic heterocycles. The van der Waals surface area contributed by atoms with Gasteiger partial charge in [-0.3, -0.25) is 9.59 Å². The van der Waals surface area contributed by atoms with Crippen LogP contribution < -0.4 is 16.0 Å². The number of H-pyrrole nitrogens is 1. The lowest BCUT2D eigenvalue weighted by molar-refractivity contribution is -0.110. The molecule has 2 aliphatic rings. The van der Waals surface area contributed by atoms with E-state index in [4.69, 9.17) is 0 Å². The van der Waals surface area contributed by atoms with E-state index in [1.807, 2.05) is 91.6 Å². The molecule has 2 unspecified atom stereocenters. The van der Waals surface area contributed by atoms with Gasteiger partial charge in [-0.1, -0.05) is 54.6 Å². The Morgan fingerprint density at radius 2 is 1.75 bits per heavy atom. The summed E-state index contributed by atoms with van der Waals surface area (Å²) in [6, 6.07) is 26.3. The van der Waals surface area contributed by atoms with Crippen molar-refractivity contribution in [1.82, 2.24) is 25.4 Å². The largest absolute Gasteiger partial charge is 0.358 e. The molecule has 1 fully saturated rings. The highest BCUT2D eigenvalue weighted by Gasteiger charge is 2.28. The second-order valence-corrected chi connectivity index (χ2v) is 11.6. The van der Waals surface area contributed by atoms with Crippen LogP contribution in [0, 0.1) is 13.8 Å². The number of aromatic nitrogens is 3. The van der Waals surface area contributed by atoms with Gasteiger partial charge in [0.05, 0.1) is 23.0 Å². The third-order valence-electron chi connectivity index (χ3n) is 8.69. The molecule has 4 N–H and O–H groups in total. The van der Waals surface area contributed by atoms with Gasteiger partial charge in [-0.05, 0) is 73.2 Å². The highest BCUT2D eigenvalue weighted by molar-refractivity contribution is 6.35. The first-order valence-electron chi connectivity index (χ1n) is 15.0. The summed E-state index contributed by atoms with van der Waals surface area (Å²) in [5.74, 6) is 0.0768. The van der Waals surface area contributed by atoms with E-state index < -0.39 is 0 Å². The first-order valence-corrected chi connectivity index (χ1v) is 15.0. The van der Waals surface area contributed by atoms with Crippen LogP contribution >= 0.6 is 0 Å². The zero-order valence-electron chi connectivity index (χ0n) is 24.7. The quantitative estimate of drug-likeness (QED) is 0.189. The fraction of sp³-hybridized carbons (Fsp3) is 0.194. The molecule has 2 amide bonds. The maximum absolute atomic E-state index is 13.6. The Bertz CT molecular complexity index is 1890. The molecule has 1 saturated heterocycles. The maximum Gasteiger partial charge on any atom is 0.256 e. The number of piperidine rings is 1. The number of rotatable bonds is 6. The molecule has 0 saturated carbocycles. The lowest BCUT2D eigenvalue weighted by Crippen LogP contribution is -2.48. The molecule has 0 spiro atoms. The summed E-state index contributed by atoms with van der Waals surface area (Å²) < 4.78 is 1.84. The fourth-order valence-corrected chi connectivity index (χ4v) is 6.40. The van der Waals surface area contributed by atoms with Gasteiger partial charge in [-0.25, -0.2) is 4.68 Å². The van der Waals surface area contributed by atoms with Gasteiger partial charge >= 0.3 is 0 Å². The monoisotopic (exact) mass is 582 g/mol. The molecule has 0 aliphatic carbocycles. The first-order chi connectivity index (χ1) is 21.4. The van der Waals surface area contributed by atoms with Crippen molar-refractivity contribution in [3.8, 4) is 16.8 Å². The highest BCUT2D eigenvalue weighted by Crippen LogP contribution is 2.37. The molecule has 8 nitrogen and oxygen atoms in total. The van der Waals surface area contributed by atoms with Crippen LogP contribution in [0.1, 0.15) is 50.8 Å². The van der Waals surface area contributed by atoms with E-state index >= 15 is 0 Å². The van der Waals surface area contributed by atoms with Gasteiger partial charge in [0.15, 0.2) is 0 Å². The standard InChI is InChI=1S/C36H34N6O2/c1-22-33(39-23(2)34(22)36(44)40-28-15-26(18-37-20-28)24-9-5-3-6-10-24)17-31-30-16-25(13-14-32(30)41-35(31)43)27-19-38-42(21-27)29-11-7-4-8-12-29/h3-14,16-17,19,21,26,28,37,39H,15,18,20H2,1-2H3,(H,40,44)(H,41,43). The summed E-state index contributed by atoms with van der Waals surface area (Å²) in [5.41, 5.74) is 9.27. The van der Waals surface area contributed by atoms with Crippen molar-refractivity contribution < 1.29 is 9.59 Å². The number of para-hydroxylation sites is 1. The summed E-state index contributed by atoms with van der Waals surface area (Å²) in [6.07, 6.45) is 6.55. The topological polar surface area (TPSA) is 104 Å². The Morgan fingerprint density at radius 3 is 2.55 bits per heavy atom. The Labute approximate surface area is 256 Å². The lowest BCUT2D eigenvalue weighted by atomic mass is 9.89. The third kappa shape index (κ3) is 5.24. The molecule has 0 radical (unpaired) electrons. The van der Waals surface area contributed by atoms with Crippen molar-refractivity contribution >= 4 is 29.2 Å². The second-order valence-electron chi connectivity index (χ2n) is 11.6. The van der Waals surface area contributed by atoms with Crippen molar-refractivity contribution in [2.45, 2.75) is 32.2 Å². The number of aromatic amines is 1. The number of hydrogen-bond acceptors (Lipinski definition) is 4. The van der Waals surface area contributed by atoms with Gasteiger partial charge in [0.2, 0.25) is 0 Å². The van der Waals surface area contributed by atoms with Crippen molar-refractivity contribution in [1.29, 1.82) is 0 Å². The summed E-state index contributed by atoms with van der Waals surface area (Å²) in [4.78, 5) is 30.0. The number of nitrogens with zero attached hydrogens (tertiary/aromatic N) is 2. The van der Waals surface area contributed by atoms with E-state index in [-0.39, 0.29) is 17.9 Å². The average molecular weight is 583 g/mol. The molecule has 8 heteroatoms. The van der Waals surface area contributed by atoms with E-state index in [2.05, 4.69) is 50.3 Å². The van der Waals surface area contributed by atoms with E-state index in [0.717, 1.165) is 64.5 Å². The van der Waals surface area contributed by atoms with Crippen molar-refractivity contribution in [2.24, 2.45) is 0 Å². The lowest BCUT2D eigenvalue weighted by Gasteiger charge is -2.31. The molecule has 2 atom stereocenters. The van der Waals surface area contributed by atoms with E-state index in [0.29, 0.717) is 17.1 Å². The van der Waals surface area contributed by atoms with Gasteiger partial charge < -0.3 is 20.9 Å². The zero-order valence-corrected chi connectivity index (χ0v) is 24.7. The predicted molar refractivity (Wildman–Crippen MR) is 174 cm³/mol. The van der Waals surface area contributed by atoms with Gasteiger partial charge in [0.1, 0.15) is 0 Å². The molecule has 4 heterocycles. The molecule has 7 rings (SSSR count). The van der Waals surface area contributed by atoms with Gasteiger partial charge in [0, 0.05) is 53.5 Å². The van der Waals surface area contributed by atoms with Crippen LogP contribution in [-0.2, 0) is 4.79 Å². The minimum atomic E-state index is -0.171. The Balaban J connectivity index is 1.13. The predicted octanol–water partition coefficient (Wildman–Crippen LogP) is 5.85. The van der Waals surface area contributed by atoms with Crippen LogP contribution in [0.15, 0.2) is 91.3 Å². The van der Waals surface area contributed by atoms with Crippen molar-refractivity contribution in [3.63, 3.8) is 0 Å². The Morgan fingerprint density at radius 1 is 0.977 bits per heavy atom. The van der Waals surface area contributed by atoms with Crippen LogP contribution in [-0.4, -0.2) is 45.7 Å². The number of carbonyl (C=O) groups is 2. The summed E-state index contributed by atoms with van der Waals surface area (Å²) in [7, 11) is 0. The molecule has 5 aromatic rings. The number of carbonyl (C=O) groups excluding carboxylic acids is 2. The molecule has 2 aromatic heterocycles. The summed E-state index contributed by atoms with van der Waals surface area (Å²) >= 11 is 0. The third-order valence-corrected chi connectivity index (χ3v) is 8.69. The number of benzene rings is 3. The van der Waals surface area contributed by atoms with Crippen LogP contribution in [0.4, 0.5) is 5.69 Å². The SMILES string of the molecule is Cc1[nH]c(C=C2C(=O)Nc3ccc(-c4cnn(-c5ccccc5)c4)cc32)c(C)c1C(=O)NC1CNCC(c2ccccc2)C1. The average Bonchev–Trinajstić information content (AvgIpc) is 3.74. The molecule has 3 aromatic carbocycles.